The summed E-state index contributed by atoms with van der Waals surface area (Å²) in [6.45, 7) is 2.37. The number of nitrogens with zero attached hydrogens (tertiary/aromatic N) is 8. The average molecular weight is 784 g/mol. The van der Waals surface area contributed by atoms with E-state index in [0.29, 0.717) is 102 Å². The highest BCUT2D eigenvalue weighted by Crippen LogP contribution is 2.40. The lowest BCUT2D eigenvalue weighted by molar-refractivity contribution is -0.143. The van der Waals surface area contributed by atoms with Gasteiger partial charge < -0.3 is 43.4 Å². The number of aromatic nitrogens is 4. The third-order valence-electron chi connectivity index (χ3n) is 11.6. The first-order valence-corrected chi connectivity index (χ1v) is 19.0. The van der Waals surface area contributed by atoms with E-state index in [2.05, 4.69) is 30.6 Å². The number of rotatable bonds is 4. The van der Waals surface area contributed by atoms with Crippen LogP contribution < -0.4 is 33.6 Å². The molecule has 2 spiro atoms. The number of carbonyl (C=O) groups excluding carboxylic acids is 4. The summed E-state index contributed by atoms with van der Waals surface area (Å²) in [5, 5.41) is 5.39. The molecular weight excluding hydrogens is 739 g/mol. The van der Waals surface area contributed by atoms with Crippen molar-refractivity contribution in [2.75, 3.05) is 49.1 Å². The Morgan fingerprint density at radius 2 is 0.907 bits per heavy atom. The monoisotopic (exact) mass is 782 g/mol. The van der Waals surface area contributed by atoms with Gasteiger partial charge in [0.05, 0.1) is 11.1 Å². The summed E-state index contributed by atoms with van der Waals surface area (Å²) in [4.78, 5) is 82.0. The predicted molar refractivity (Wildman–Crippen MR) is 203 cm³/mol. The Kier molecular flexibility index (Phi) is 10.2. The number of nitrogen functional groups attached to an aromatic ring is 4. The van der Waals surface area contributed by atoms with Gasteiger partial charge in [-0.15, -0.1) is 0 Å². The molecule has 0 aromatic carbocycles. The number of hydrogen-bond acceptors (Lipinski definition) is 14. The van der Waals surface area contributed by atoms with Gasteiger partial charge in [-0.25, -0.2) is 19.9 Å². The van der Waals surface area contributed by atoms with Gasteiger partial charge in [0.1, 0.15) is 11.7 Å². The van der Waals surface area contributed by atoms with Gasteiger partial charge in [0.15, 0.2) is 45.0 Å². The first kappa shape index (κ1) is 37.5. The maximum absolute atomic E-state index is 13.6. The van der Waals surface area contributed by atoms with Gasteiger partial charge in [0.2, 0.25) is 11.8 Å². The molecule has 1 saturated carbocycles. The molecule has 1 aliphatic carbocycles. The first-order chi connectivity index (χ1) is 25.7. The van der Waals surface area contributed by atoms with Crippen molar-refractivity contribution in [1.29, 1.82) is 0 Å². The molecule has 10 N–H and O–H groups in total. The third-order valence-corrected chi connectivity index (χ3v) is 12.1. The van der Waals surface area contributed by atoms with Crippen LogP contribution in [0.3, 0.4) is 0 Å². The normalized spacial score (nSPS) is 23.2. The highest BCUT2D eigenvalue weighted by molar-refractivity contribution is 6.32. The summed E-state index contributed by atoms with van der Waals surface area (Å²) in [5.41, 5.74) is 22.0. The Morgan fingerprint density at radius 3 is 1.26 bits per heavy atom. The summed E-state index contributed by atoms with van der Waals surface area (Å²) in [7, 11) is 0. The lowest BCUT2D eigenvalue weighted by Gasteiger charge is -2.41. The van der Waals surface area contributed by atoms with Crippen LogP contribution >= 0.6 is 23.2 Å². The maximum Gasteiger partial charge on any atom is 0.279 e. The predicted octanol–water partition coefficient (Wildman–Crippen LogP) is 1.98. The first-order valence-electron chi connectivity index (χ1n) is 18.3. The average Bonchev–Trinajstić information content (AvgIpc) is 3.73. The molecule has 7 rings (SSSR count). The molecule has 4 amide bonds. The van der Waals surface area contributed by atoms with Crippen molar-refractivity contribution >= 4 is 81.8 Å². The zero-order valence-corrected chi connectivity index (χ0v) is 31.3. The van der Waals surface area contributed by atoms with Crippen molar-refractivity contribution in [1.82, 2.24) is 40.4 Å². The molecule has 0 bridgehead atoms. The molecule has 3 fully saturated rings. The van der Waals surface area contributed by atoms with Crippen LogP contribution in [0.5, 0.6) is 0 Å². The number of anilines is 4. The second-order valence-electron chi connectivity index (χ2n) is 14.9. The smallest absolute Gasteiger partial charge is 0.279 e. The second kappa shape index (κ2) is 14.8. The van der Waals surface area contributed by atoms with Crippen LogP contribution in [0.25, 0.3) is 0 Å². The molecular formula is C34H44Cl2N14O4. The van der Waals surface area contributed by atoms with E-state index in [-0.39, 0.29) is 79.7 Å². The van der Waals surface area contributed by atoms with Gasteiger partial charge in [0, 0.05) is 50.9 Å². The van der Waals surface area contributed by atoms with Crippen LogP contribution in [-0.2, 0) is 9.59 Å². The molecule has 4 aliphatic heterocycles. The van der Waals surface area contributed by atoms with Crippen LogP contribution in [0.15, 0.2) is 9.98 Å². The molecule has 2 aromatic heterocycles. The van der Waals surface area contributed by atoms with Crippen molar-refractivity contribution in [3.63, 3.8) is 0 Å². The zero-order valence-electron chi connectivity index (χ0n) is 29.7. The number of amides is 4. The van der Waals surface area contributed by atoms with E-state index in [0.717, 1.165) is 12.8 Å². The minimum atomic E-state index is -0.548. The van der Waals surface area contributed by atoms with Crippen molar-refractivity contribution in [2.24, 2.45) is 21.8 Å². The van der Waals surface area contributed by atoms with Gasteiger partial charge >= 0.3 is 0 Å². The highest BCUT2D eigenvalue weighted by atomic mass is 35.5. The Bertz CT molecular complexity index is 1800. The molecule has 20 heteroatoms. The van der Waals surface area contributed by atoms with E-state index in [9.17, 15) is 19.2 Å². The van der Waals surface area contributed by atoms with Crippen LogP contribution in [0.4, 0.5) is 23.3 Å². The van der Waals surface area contributed by atoms with Crippen molar-refractivity contribution in [3.05, 3.63) is 21.7 Å². The quantitative estimate of drug-likeness (QED) is 0.260. The molecule has 54 heavy (non-hydrogen) atoms. The van der Waals surface area contributed by atoms with Crippen molar-refractivity contribution in [3.8, 4) is 0 Å². The van der Waals surface area contributed by atoms with E-state index in [4.69, 9.17) is 56.1 Å². The fourth-order valence-corrected chi connectivity index (χ4v) is 8.64. The number of likely N-dealkylation sites (tertiary alicyclic amines) is 2. The standard InChI is InChI=1S/C34H44Cl2N14O4/c35-23-27(39)45-25(37)21(43-23)29(51)41-19-5-7-33(47-19)9-13-49(14-10-33)31(53)17-1-2-18(4-3-17)32(54)50-15-11-34(12-16-50)8-6-20(48-34)42-30(52)22-26(38)46-28(40)24(36)44-22/h17-18H,1-16H2,(H4,37,39,45)(H4,38,40,46)(H,41,47,51)(H,42,48,52). The van der Waals surface area contributed by atoms with Gasteiger partial charge in [-0.2, -0.15) is 0 Å². The largest absolute Gasteiger partial charge is 0.382 e. The lowest BCUT2D eigenvalue weighted by atomic mass is 9.79. The van der Waals surface area contributed by atoms with Crippen LogP contribution in [0, 0.1) is 11.8 Å². The lowest BCUT2D eigenvalue weighted by Crippen LogP contribution is -2.49. The molecule has 0 unspecified atom stereocenters. The summed E-state index contributed by atoms with van der Waals surface area (Å²) < 4.78 is 0. The molecule has 2 saturated heterocycles. The SMILES string of the molecule is Nc1nc(N)c(C(=O)NC2=NC3(CC2)CCN(C(=O)C2CCC(C(=O)N4CCC5(CCC(NC(=O)c6nc(Cl)c(N)nc6N)=N5)CC4)CC2)CC3)nc1Cl. The molecule has 5 aliphatic rings. The molecule has 2 aromatic rings. The Labute approximate surface area is 321 Å². The third kappa shape index (κ3) is 7.58. The summed E-state index contributed by atoms with van der Waals surface area (Å²) in [6.07, 6.45) is 8.29. The van der Waals surface area contributed by atoms with Crippen LogP contribution in [0.2, 0.25) is 10.3 Å². The van der Waals surface area contributed by atoms with E-state index >= 15 is 0 Å². The fourth-order valence-electron chi connectivity index (χ4n) is 8.39. The van der Waals surface area contributed by atoms with Gasteiger partial charge in [-0.05, 0) is 64.2 Å². The molecule has 18 nitrogen and oxygen atoms in total. The number of aliphatic imine (C=N–C) groups is 2. The Hall–Kier alpha value is -4.84. The number of nitrogens with two attached hydrogens (primary N) is 4. The molecule has 0 atom stereocenters. The number of hydrogen-bond donors (Lipinski definition) is 6. The van der Waals surface area contributed by atoms with E-state index in [1.807, 2.05) is 9.80 Å². The maximum atomic E-state index is 13.6. The molecule has 0 radical (unpaired) electrons. The summed E-state index contributed by atoms with van der Waals surface area (Å²) in [5.74, 6) is -0.220. The fraction of sp³-hybridized carbons (Fsp3) is 0.588. The van der Waals surface area contributed by atoms with E-state index in [1.165, 1.54) is 0 Å². The zero-order chi connectivity index (χ0) is 38.4. The van der Waals surface area contributed by atoms with Gasteiger partial charge in [0.25, 0.3) is 11.8 Å². The highest BCUT2D eigenvalue weighted by Gasteiger charge is 2.43. The minimum absolute atomic E-state index is 0.0507. The molecule has 6 heterocycles. The van der Waals surface area contributed by atoms with Crippen LogP contribution in [-0.4, -0.2) is 102 Å². The topological polar surface area (TPSA) is 279 Å². The van der Waals surface area contributed by atoms with Gasteiger partial charge in [-0.1, -0.05) is 23.2 Å². The second-order valence-corrected chi connectivity index (χ2v) is 15.7. The molecule has 288 valence electrons. The van der Waals surface area contributed by atoms with Gasteiger partial charge in [-0.3, -0.25) is 29.2 Å². The van der Waals surface area contributed by atoms with Crippen molar-refractivity contribution < 1.29 is 19.2 Å². The number of piperidine rings is 2. The number of halogens is 2. The Balaban J connectivity index is 0.847. The van der Waals surface area contributed by atoms with Crippen LogP contribution in [0.1, 0.15) is 98.0 Å². The summed E-state index contributed by atoms with van der Waals surface area (Å²) >= 11 is 11.9. The van der Waals surface area contributed by atoms with Crippen molar-refractivity contribution in [2.45, 2.75) is 88.1 Å². The Morgan fingerprint density at radius 1 is 0.556 bits per heavy atom. The number of nitrogens with one attached hydrogen (secondary N) is 2. The summed E-state index contributed by atoms with van der Waals surface area (Å²) in [6, 6.07) is 0. The van der Waals surface area contributed by atoms with E-state index in [1.54, 1.807) is 0 Å². The number of carbonyl (C=O) groups is 4. The number of amidine groups is 2. The minimum Gasteiger partial charge on any atom is -0.382 e. The van der Waals surface area contributed by atoms with E-state index < -0.39 is 11.8 Å².